The lowest BCUT2D eigenvalue weighted by molar-refractivity contribution is -0.384. The van der Waals surface area contributed by atoms with E-state index in [4.69, 9.17) is 0 Å². The van der Waals surface area contributed by atoms with Gasteiger partial charge in [-0.25, -0.2) is 0 Å². The predicted molar refractivity (Wildman–Crippen MR) is 85.9 cm³/mol. The van der Waals surface area contributed by atoms with Crippen LogP contribution in [0.15, 0.2) is 48.5 Å². The molecule has 0 aliphatic carbocycles. The summed E-state index contributed by atoms with van der Waals surface area (Å²) >= 11 is 0. The Labute approximate surface area is 124 Å². The number of non-ortho nitro benzene ring substituents is 1. The van der Waals surface area contributed by atoms with Crippen LogP contribution in [-0.4, -0.2) is 19.0 Å². The van der Waals surface area contributed by atoms with Crippen molar-refractivity contribution in [3.8, 4) is 0 Å². The fourth-order valence-electron chi connectivity index (χ4n) is 2.21. The van der Waals surface area contributed by atoms with Gasteiger partial charge in [-0.05, 0) is 24.6 Å². The van der Waals surface area contributed by atoms with E-state index in [1.165, 1.54) is 6.07 Å². The lowest BCUT2D eigenvalue weighted by Gasteiger charge is -2.22. The van der Waals surface area contributed by atoms with E-state index in [0.717, 1.165) is 16.9 Å². The summed E-state index contributed by atoms with van der Waals surface area (Å²) in [5.74, 6) is 0. The van der Waals surface area contributed by atoms with Crippen LogP contribution in [0.4, 0.5) is 17.1 Å². The first-order valence-corrected chi connectivity index (χ1v) is 6.76. The third-order valence-corrected chi connectivity index (χ3v) is 3.34. The van der Waals surface area contributed by atoms with Gasteiger partial charge in [-0.3, -0.25) is 10.1 Å². The molecule has 2 aromatic rings. The minimum absolute atomic E-state index is 0.0222. The van der Waals surface area contributed by atoms with Gasteiger partial charge >= 0.3 is 0 Å². The molecule has 1 atom stereocenters. The molecule has 0 aromatic heterocycles. The van der Waals surface area contributed by atoms with E-state index in [9.17, 15) is 10.1 Å². The van der Waals surface area contributed by atoms with Gasteiger partial charge in [-0.2, -0.15) is 0 Å². The number of nitro benzene ring substituents is 1. The topological polar surface area (TPSA) is 58.4 Å². The van der Waals surface area contributed by atoms with E-state index in [-0.39, 0.29) is 16.7 Å². The average Bonchev–Trinajstić information content (AvgIpc) is 2.47. The maximum Gasteiger partial charge on any atom is 0.269 e. The van der Waals surface area contributed by atoms with Crippen LogP contribution in [-0.2, 0) is 0 Å². The lowest BCUT2D eigenvalue weighted by Crippen LogP contribution is -2.14. The second-order valence-corrected chi connectivity index (χ2v) is 5.13. The molecular weight excluding hydrogens is 266 g/mol. The Morgan fingerprint density at radius 1 is 1.14 bits per heavy atom. The first-order valence-electron chi connectivity index (χ1n) is 6.76. The molecule has 2 aromatic carbocycles. The Hall–Kier alpha value is -2.56. The van der Waals surface area contributed by atoms with Crippen molar-refractivity contribution in [1.82, 2.24) is 0 Å². The second kappa shape index (κ2) is 6.26. The summed E-state index contributed by atoms with van der Waals surface area (Å²) in [6.07, 6.45) is 0. The van der Waals surface area contributed by atoms with E-state index in [2.05, 4.69) is 5.32 Å². The number of hydrogen-bond donors (Lipinski definition) is 1. The highest BCUT2D eigenvalue weighted by molar-refractivity contribution is 5.69. The van der Waals surface area contributed by atoms with Crippen LogP contribution in [0, 0.1) is 10.1 Å². The van der Waals surface area contributed by atoms with Gasteiger partial charge < -0.3 is 10.2 Å². The summed E-state index contributed by atoms with van der Waals surface area (Å²) in [7, 11) is 3.97. The molecule has 5 heteroatoms. The molecule has 5 nitrogen and oxygen atoms in total. The largest absolute Gasteiger partial charge is 0.377 e. The van der Waals surface area contributed by atoms with Crippen molar-refractivity contribution < 1.29 is 4.92 Å². The van der Waals surface area contributed by atoms with Crippen LogP contribution in [0.25, 0.3) is 0 Å². The Balaban J connectivity index is 2.24. The van der Waals surface area contributed by atoms with E-state index >= 15 is 0 Å². The molecule has 0 aliphatic rings. The molecule has 0 bridgehead atoms. The van der Waals surface area contributed by atoms with Gasteiger partial charge in [-0.15, -0.1) is 0 Å². The highest BCUT2D eigenvalue weighted by atomic mass is 16.6. The Morgan fingerprint density at radius 3 is 2.52 bits per heavy atom. The van der Waals surface area contributed by atoms with E-state index in [1.54, 1.807) is 12.1 Å². The summed E-state index contributed by atoms with van der Waals surface area (Å²) in [4.78, 5) is 12.5. The van der Waals surface area contributed by atoms with E-state index in [1.807, 2.05) is 56.3 Å². The van der Waals surface area contributed by atoms with Crippen molar-refractivity contribution in [3.63, 3.8) is 0 Å². The Kier molecular flexibility index (Phi) is 4.42. The minimum atomic E-state index is -0.371. The van der Waals surface area contributed by atoms with Gasteiger partial charge in [0.2, 0.25) is 0 Å². The van der Waals surface area contributed by atoms with Gasteiger partial charge in [0.05, 0.1) is 16.3 Å². The number of hydrogen-bond acceptors (Lipinski definition) is 4. The van der Waals surface area contributed by atoms with Gasteiger partial charge in [0.15, 0.2) is 0 Å². The quantitative estimate of drug-likeness (QED) is 0.670. The molecule has 0 saturated carbocycles. The summed E-state index contributed by atoms with van der Waals surface area (Å²) in [6.45, 7) is 1.99. The molecule has 1 N–H and O–H groups in total. The number of nitro groups is 1. The fraction of sp³-hybridized carbons (Fsp3) is 0.250. The number of nitrogens with one attached hydrogen (secondary N) is 1. The maximum absolute atomic E-state index is 10.9. The predicted octanol–water partition coefficient (Wildman–Crippen LogP) is 3.83. The zero-order chi connectivity index (χ0) is 15.4. The van der Waals surface area contributed by atoms with Gasteiger partial charge in [0, 0.05) is 32.3 Å². The first-order chi connectivity index (χ1) is 9.99. The minimum Gasteiger partial charge on any atom is -0.377 e. The standard InChI is InChI=1S/C16H19N3O2/c1-12(13-7-6-8-14(11-13)19(20)21)17-15-9-4-5-10-16(15)18(2)3/h4-12,17H,1-3H3. The number of rotatable bonds is 5. The van der Waals surface area contributed by atoms with Crippen LogP contribution in [0.2, 0.25) is 0 Å². The SMILES string of the molecule is CC(Nc1ccccc1N(C)C)c1cccc([N+](=O)[O-])c1. The molecule has 0 saturated heterocycles. The Morgan fingerprint density at radius 2 is 1.86 bits per heavy atom. The van der Waals surface area contributed by atoms with Crippen molar-refractivity contribution in [2.75, 3.05) is 24.3 Å². The lowest BCUT2D eigenvalue weighted by atomic mass is 10.1. The van der Waals surface area contributed by atoms with E-state index in [0.29, 0.717) is 0 Å². The smallest absolute Gasteiger partial charge is 0.269 e. The van der Waals surface area contributed by atoms with Crippen molar-refractivity contribution in [2.24, 2.45) is 0 Å². The molecule has 2 rings (SSSR count). The number of benzene rings is 2. The van der Waals surface area contributed by atoms with Gasteiger partial charge in [0.25, 0.3) is 5.69 Å². The third-order valence-electron chi connectivity index (χ3n) is 3.34. The third kappa shape index (κ3) is 3.51. The number of anilines is 2. The van der Waals surface area contributed by atoms with Crippen LogP contribution in [0.1, 0.15) is 18.5 Å². The van der Waals surface area contributed by atoms with Crippen LogP contribution >= 0.6 is 0 Å². The Bertz CT molecular complexity index is 641. The zero-order valence-electron chi connectivity index (χ0n) is 12.4. The fourth-order valence-corrected chi connectivity index (χ4v) is 2.21. The van der Waals surface area contributed by atoms with Crippen molar-refractivity contribution >= 4 is 17.1 Å². The molecule has 0 radical (unpaired) electrons. The van der Waals surface area contributed by atoms with Crippen molar-refractivity contribution in [1.29, 1.82) is 0 Å². The van der Waals surface area contributed by atoms with E-state index < -0.39 is 0 Å². The molecule has 110 valence electrons. The van der Waals surface area contributed by atoms with Crippen LogP contribution in [0.5, 0.6) is 0 Å². The highest BCUT2D eigenvalue weighted by Gasteiger charge is 2.12. The van der Waals surface area contributed by atoms with Crippen LogP contribution < -0.4 is 10.2 Å². The number of nitrogens with zero attached hydrogens (tertiary/aromatic N) is 2. The molecule has 0 aliphatic heterocycles. The number of para-hydroxylation sites is 2. The summed E-state index contributed by atoms with van der Waals surface area (Å²) < 4.78 is 0. The molecule has 0 heterocycles. The molecule has 21 heavy (non-hydrogen) atoms. The zero-order valence-corrected chi connectivity index (χ0v) is 12.4. The summed E-state index contributed by atoms with van der Waals surface area (Å²) in [5, 5.41) is 14.3. The molecule has 0 fully saturated rings. The van der Waals surface area contributed by atoms with Crippen molar-refractivity contribution in [2.45, 2.75) is 13.0 Å². The van der Waals surface area contributed by atoms with Gasteiger partial charge in [-0.1, -0.05) is 24.3 Å². The monoisotopic (exact) mass is 285 g/mol. The second-order valence-electron chi connectivity index (χ2n) is 5.13. The van der Waals surface area contributed by atoms with Crippen LogP contribution in [0.3, 0.4) is 0 Å². The highest BCUT2D eigenvalue weighted by Crippen LogP contribution is 2.28. The van der Waals surface area contributed by atoms with Gasteiger partial charge in [0.1, 0.15) is 0 Å². The maximum atomic E-state index is 10.9. The molecule has 0 amide bonds. The summed E-state index contributed by atoms with van der Waals surface area (Å²) in [5.41, 5.74) is 3.08. The van der Waals surface area contributed by atoms with Crippen molar-refractivity contribution in [3.05, 3.63) is 64.2 Å². The molecule has 0 spiro atoms. The first kappa shape index (κ1) is 14.8. The molecule has 1 unspecified atom stereocenters. The average molecular weight is 285 g/mol. The molecular formula is C16H19N3O2. The normalized spacial score (nSPS) is 11.8. The summed E-state index contributed by atoms with van der Waals surface area (Å²) in [6, 6.07) is 14.7.